The number of sulfonamides is 1. The van der Waals surface area contributed by atoms with Crippen LogP contribution in [0.5, 0.6) is 0 Å². The lowest BCUT2D eigenvalue weighted by atomic mass is 10.2. The zero-order valence-corrected chi connectivity index (χ0v) is 16.3. The van der Waals surface area contributed by atoms with E-state index in [1.165, 1.54) is 22.7 Å². The van der Waals surface area contributed by atoms with E-state index in [1.807, 2.05) is 48.0 Å². The molecule has 1 atom stereocenters. The Morgan fingerprint density at radius 2 is 1.96 bits per heavy atom. The Morgan fingerprint density at radius 3 is 2.68 bits per heavy atom. The van der Waals surface area contributed by atoms with E-state index in [0.29, 0.717) is 4.90 Å². The van der Waals surface area contributed by atoms with Crippen LogP contribution in [0.4, 0.5) is 0 Å². The van der Waals surface area contributed by atoms with E-state index in [4.69, 9.17) is 0 Å². The SMILES string of the molecule is Cc1ccc(C)c(S(=O)(=O)NCc2ccc(C(O)c3ccsc3)s2)c1. The molecule has 2 N–H and O–H groups in total. The van der Waals surface area contributed by atoms with Crippen molar-refractivity contribution in [1.82, 2.24) is 4.72 Å². The van der Waals surface area contributed by atoms with Gasteiger partial charge < -0.3 is 5.11 Å². The summed E-state index contributed by atoms with van der Waals surface area (Å²) in [6.45, 7) is 3.86. The molecule has 0 amide bonds. The van der Waals surface area contributed by atoms with Gasteiger partial charge in [-0.2, -0.15) is 11.3 Å². The number of nitrogens with one attached hydrogen (secondary N) is 1. The summed E-state index contributed by atoms with van der Waals surface area (Å²) in [5.41, 5.74) is 2.48. The molecular formula is C18H19NO3S3. The highest BCUT2D eigenvalue weighted by Crippen LogP contribution is 2.29. The van der Waals surface area contributed by atoms with Gasteiger partial charge in [0.15, 0.2) is 0 Å². The van der Waals surface area contributed by atoms with Crippen molar-refractivity contribution in [2.24, 2.45) is 0 Å². The third-order valence-corrected chi connectivity index (χ3v) is 7.26. The van der Waals surface area contributed by atoms with Gasteiger partial charge in [-0.25, -0.2) is 13.1 Å². The Kier molecular flexibility index (Phi) is 5.41. The Bertz CT molecular complexity index is 959. The van der Waals surface area contributed by atoms with Crippen molar-refractivity contribution in [3.8, 4) is 0 Å². The predicted octanol–water partition coefficient (Wildman–Crippen LogP) is 3.99. The number of aryl methyl sites for hydroxylation is 2. The summed E-state index contributed by atoms with van der Waals surface area (Å²) in [5.74, 6) is 0. The average Bonchev–Trinajstić information content (AvgIpc) is 3.26. The number of hydrogen-bond donors (Lipinski definition) is 2. The maximum atomic E-state index is 12.6. The molecule has 0 aliphatic carbocycles. The molecule has 1 unspecified atom stereocenters. The number of hydrogen-bond acceptors (Lipinski definition) is 5. The second kappa shape index (κ2) is 7.39. The lowest BCUT2D eigenvalue weighted by Crippen LogP contribution is -2.23. The van der Waals surface area contributed by atoms with Crippen molar-refractivity contribution in [3.63, 3.8) is 0 Å². The first-order valence-corrected chi connectivity index (χ1v) is 11.0. The fourth-order valence-corrected chi connectivity index (χ4v) is 5.54. The van der Waals surface area contributed by atoms with Crippen LogP contribution in [-0.4, -0.2) is 13.5 Å². The number of aliphatic hydroxyl groups is 1. The smallest absolute Gasteiger partial charge is 0.241 e. The minimum atomic E-state index is -3.57. The van der Waals surface area contributed by atoms with Gasteiger partial charge in [-0.3, -0.25) is 0 Å². The first-order valence-electron chi connectivity index (χ1n) is 7.72. The van der Waals surface area contributed by atoms with E-state index in [9.17, 15) is 13.5 Å². The molecule has 1 aromatic carbocycles. The lowest BCUT2D eigenvalue weighted by molar-refractivity contribution is 0.224. The van der Waals surface area contributed by atoms with Gasteiger partial charge in [-0.05, 0) is 65.6 Å². The average molecular weight is 394 g/mol. The number of rotatable bonds is 6. The summed E-state index contributed by atoms with van der Waals surface area (Å²) in [7, 11) is -3.57. The molecule has 132 valence electrons. The molecule has 0 saturated heterocycles. The molecular weight excluding hydrogens is 374 g/mol. The van der Waals surface area contributed by atoms with Crippen molar-refractivity contribution in [3.05, 3.63) is 73.6 Å². The molecule has 4 nitrogen and oxygen atoms in total. The molecule has 3 rings (SSSR count). The van der Waals surface area contributed by atoms with Gasteiger partial charge >= 0.3 is 0 Å². The summed E-state index contributed by atoms with van der Waals surface area (Å²) in [4.78, 5) is 1.97. The van der Waals surface area contributed by atoms with E-state index in [0.717, 1.165) is 26.4 Å². The molecule has 0 bridgehead atoms. The summed E-state index contributed by atoms with van der Waals surface area (Å²) in [6, 6.07) is 11.0. The largest absolute Gasteiger partial charge is 0.383 e. The van der Waals surface area contributed by atoms with Crippen LogP contribution in [0.2, 0.25) is 0 Å². The first kappa shape index (κ1) is 18.3. The van der Waals surface area contributed by atoms with Gasteiger partial charge in [0.05, 0.1) is 4.90 Å². The second-order valence-electron chi connectivity index (χ2n) is 5.86. The summed E-state index contributed by atoms with van der Waals surface area (Å²) >= 11 is 2.95. The zero-order chi connectivity index (χ0) is 18.0. The van der Waals surface area contributed by atoms with Crippen molar-refractivity contribution >= 4 is 32.7 Å². The van der Waals surface area contributed by atoms with Crippen LogP contribution in [0.3, 0.4) is 0 Å². The second-order valence-corrected chi connectivity index (χ2v) is 9.57. The standard InChI is InChI=1S/C18H19NO3S3/c1-12-3-4-13(2)17(9-12)25(21,22)19-10-15-5-6-16(24-15)18(20)14-7-8-23-11-14/h3-9,11,18-20H,10H2,1-2H3. The summed E-state index contributed by atoms with van der Waals surface area (Å²) in [6.07, 6.45) is -0.666. The Balaban J connectivity index is 1.72. The molecule has 3 aromatic rings. The van der Waals surface area contributed by atoms with Gasteiger partial charge in [-0.15, -0.1) is 11.3 Å². The van der Waals surface area contributed by atoms with Gasteiger partial charge in [0.25, 0.3) is 0 Å². The van der Waals surface area contributed by atoms with Gasteiger partial charge in [0, 0.05) is 16.3 Å². The maximum Gasteiger partial charge on any atom is 0.241 e. The molecule has 0 fully saturated rings. The molecule has 0 aliphatic rings. The van der Waals surface area contributed by atoms with Gasteiger partial charge in [0.1, 0.15) is 6.10 Å². The van der Waals surface area contributed by atoms with Gasteiger partial charge in [0.2, 0.25) is 10.0 Å². The van der Waals surface area contributed by atoms with Crippen LogP contribution in [0.15, 0.2) is 52.1 Å². The predicted molar refractivity (Wildman–Crippen MR) is 103 cm³/mol. The fourth-order valence-electron chi connectivity index (χ4n) is 2.47. The Labute approximate surface area is 155 Å². The highest BCUT2D eigenvalue weighted by atomic mass is 32.2. The quantitative estimate of drug-likeness (QED) is 0.665. The number of benzene rings is 1. The fraction of sp³-hybridized carbons (Fsp3) is 0.222. The van der Waals surface area contributed by atoms with Crippen LogP contribution in [-0.2, 0) is 16.6 Å². The van der Waals surface area contributed by atoms with Crippen molar-refractivity contribution in [2.75, 3.05) is 0 Å². The minimum absolute atomic E-state index is 0.205. The molecule has 0 aliphatic heterocycles. The molecule has 2 aromatic heterocycles. The molecule has 0 radical (unpaired) electrons. The van der Waals surface area contributed by atoms with Gasteiger partial charge in [-0.1, -0.05) is 12.1 Å². The number of thiophene rings is 2. The zero-order valence-electron chi connectivity index (χ0n) is 13.9. The third-order valence-electron chi connectivity index (χ3n) is 3.88. The highest BCUT2D eigenvalue weighted by molar-refractivity contribution is 7.89. The van der Waals surface area contributed by atoms with Crippen LogP contribution >= 0.6 is 22.7 Å². The monoisotopic (exact) mass is 393 g/mol. The number of aliphatic hydroxyl groups excluding tert-OH is 1. The normalized spacial score (nSPS) is 13.1. The van der Waals surface area contributed by atoms with Crippen LogP contribution < -0.4 is 4.72 Å². The van der Waals surface area contributed by atoms with Crippen LogP contribution in [0, 0.1) is 13.8 Å². The first-order chi connectivity index (χ1) is 11.9. The molecule has 0 spiro atoms. The molecule has 7 heteroatoms. The Morgan fingerprint density at radius 1 is 1.16 bits per heavy atom. The maximum absolute atomic E-state index is 12.6. The van der Waals surface area contributed by atoms with Crippen LogP contribution in [0.25, 0.3) is 0 Å². The van der Waals surface area contributed by atoms with Crippen molar-refractivity contribution in [1.29, 1.82) is 0 Å². The summed E-state index contributed by atoms with van der Waals surface area (Å²) in [5, 5.41) is 14.2. The van der Waals surface area contributed by atoms with E-state index >= 15 is 0 Å². The van der Waals surface area contributed by atoms with Crippen molar-refractivity contribution < 1.29 is 13.5 Å². The van der Waals surface area contributed by atoms with E-state index in [1.54, 1.807) is 13.0 Å². The topological polar surface area (TPSA) is 66.4 Å². The highest BCUT2D eigenvalue weighted by Gasteiger charge is 2.18. The minimum Gasteiger partial charge on any atom is -0.383 e. The van der Waals surface area contributed by atoms with E-state index in [2.05, 4.69) is 4.72 Å². The molecule has 2 heterocycles. The molecule has 0 saturated carbocycles. The summed E-state index contributed by atoms with van der Waals surface area (Å²) < 4.78 is 27.8. The van der Waals surface area contributed by atoms with Crippen LogP contribution in [0.1, 0.15) is 32.5 Å². The van der Waals surface area contributed by atoms with E-state index in [-0.39, 0.29) is 6.54 Å². The van der Waals surface area contributed by atoms with Crippen molar-refractivity contribution in [2.45, 2.75) is 31.4 Å². The lowest BCUT2D eigenvalue weighted by Gasteiger charge is -2.09. The van der Waals surface area contributed by atoms with E-state index < -0.39 is 16.1 Å². The Hall–Kier alpha value is -1.51. The third kappa shape index (κ3) is 4.19. The molecule has 25 heavy (non-hydrogen) atoms.